The van der Waals surface area contributed by atoms with Crippen molar-refractivity contribution in [3.63, 3.8) is 0 Å². The summed E-state index contributed by atoms with van der Waals surface area (Å²) in [6, 6.07) is 3.83. The number of primary amides is 1. The number of ether oxygens (including phenoxy) is 1. The van der Waals surface area contributed by atoms with Gasteiger partial charge in [-0.05, 0) is 43.5 Å². The predicted octanol–water partition coefficient (Wildman–Crippen LogP) is 2.59. The van der Waals surface area contributed by atoms with Gasteiger partial charge in [-0.25, -0.2) is 9.97 Å². The Kier molecular flexibility index (Phi) is 7.55. The highest BCUT2D eigenvalue weighted by Crippen LogP contribution is 2.29. The zero-order valence-electron chi connectivity index (χ0n) is 21.5. The Morgan fingerprint density at radius 3 is 2.68 bits per heavy atom. The van der Waals surface area contributed by atoms with Gasteiger partial charge in [0.15, 0.2) is 5.82 Å². The molecule has 0 saturated carbocycles. The van der Waals surface area contributed by atoms with E-state index < -0.39 is 0 Å². The van der Waals surface area contributed by atoms with Crippen LogP contribution in [-0.2, 0) is 22.5 Å². The smallest absolute Gasteiger partial charge is 0.246 e. The van der Waals surface area contributed by atoms with Crippen LogP contribution < -0.4 is 11.5 Å². The summed E-state index contributed by atoms with van der Waals surface area (Å²) >= 11 is 0. The van der Waals surface area contributed by atoms with Crippen molar-refractivity contribution in [2.75, 3.05) is 45.1 Å². The summed E-state index contributed by atoms with van der Waals surface area (Å²) in [6.07, 6.45) is 10.6. The number of carbonyl (C=O) groups is 1. The number of allylic oxidation sites excluding steroid dienone is 2. The van der Waals surface area contributed by atoms with Gasteiger partial charge in [-0.3, -0.25) is 9.78 Å². The predicted molar refractivity (Wildman–Crippen MR) is 144 cm³/mol. The van der Waals surface area contributed by atoms with Gasteiger partial charge in [-0.1, -0.05) is 13.3 Å². The Morgan fingerprint density at radius 1 is 1.08 bits per heavy atom. The van der Waals surface area contributed by atoms with Crippen molar-refractivity contribution < 1.29 is 9.53 Å². The molecule has 3 aromatic rings. The Labute approximate surface area is 217 Å². The number of nitrogen functional groups attached to an aromatic ring is 1. The molecule has 10 nitrogen and oxygen atoms in total. The molecule has 0 spiro atoms. The Balaban J connectivity index is 1.35. The first-order valence-electron chi connectivity index (χ1n) is 13.2. The first-order valence-corrected chi connectivity index (χ1v) is 13.2. The monoisotopic (exact) mass is 504 g/mol. The molecule has 1 amide bonds. The number of hydrogen-bond acceptors (Lipinski definition) is 8. The second-order valence-electron chi connectivity index (χ2n) is 9.66. The van der Waals surface area contributed by atoms with Gasteiger partial charge in [0.2, 0.25) is 5.91 Å². The molecule has 0 bridgehead atoms. The van der Waals surface area contributed by atoms with E-state index in [2.05, 4.69) is 31.3 Å². The zero-order chi connectivity index (χ0) is 25.8. The number of nitrogens with zero attached hydrogens (tertiary/aromatic N) is 6. The normalized spacial score (nSPS) is 16.4. The van der Waals surface area contributed by atoms with E-state index >= 15 is 0 Å². The maximum absolute atomic E-state index is 11.9. The molecule has 4 N–H and O–H groups in total. The van der Waals surface area contributed by atoms with E-state index in [1.54, 1.807) is 6.20 Å². The maximum atomic E-state index is 11.9. The van der Waals surface area contributed by atoms with Crippen LogP contribution in [0.25, 0.3) is 22.1 Å². The molecule has 37 heavy (non-hydrogen) atoms. The van der Waals surface area contributed by atoms with Crippen LogP contribution in [0.4, 0.5) is 5.82 Å². The number of amides is 1. The van der Waals surface area contributed by atoms with Crippen molar-refractivity contribution in [2.24, 2.45) is 5.73 Å². The molecule has 1 saturated heterocycles. The van der Waals surface area contributed by atoms with Crippen molar-refractivity contribution in [2.45, 2.75) is 45.6 Å². The lowest BCUT2D eigenvalue weighted by Gasteiger charge is -2.39. The van der Waals surface area contributed by atoms with Gasteiger partial charge in [0.05, 0.1) is 18.7 Å². The third-order valence-electron chi connectivity index (χ3n) is 7.12. The lowest BCUT2D eigenvalue weighted by atomic mass is 10.1. The SMILES string of the molecule is CCCCc1nc2c(N)nc3cccnc3c2n1CCCCN1CC(C(N)=O)=CC=C1N1CCOCC1. The molecule has 5 rings (SSSR count). The summed E-state index contributed by atoms with van der Waals surface area (Å²) in [5.41, 5.74) is 15.9. The highest BCUT2D eigenvalue weighted by molar-refractivity contribution is 6.04. The first kappa shape index (κ1) is 25.0. The number of morpholine rings is 1. The Hall–Kier alpha value is -3.66. The molecule has 0 aromatic carbocycles. The summed E-state index contributed by atoms with van der Waals surface area (Å²) in [5, 5.41) is 0. The fourth-order valence-electron chi connectivity index (χ4n) is 5.18. The number of pyridine rings is 2. The number of hydrogen-bond donors (Lipinski definition) is 2. The van der Waals surface area contributed by atoms with Gasteiger partial charge >= 0.3 is 0 Å². The minimum Gasteiger partial charge on any atom is -0.382 e. The van der Waals surface area contributed by atoms with Crippen molar-refractivity contribution in [3.8, 4) is 0 Å². The quantitative estimate of drug-likeness (QED) is 0.403. The molecular formula is C27H36N8O2. The number of aromatic nitrogens is 4. The molecule has 0 radical (unpaired) electrons. The minimum atomic E-state index is -0.363. The molecule has 3 aromatic heterocycles. The van der Waals surface area contributed by atoms with Gasteiger partial charge < -0.3 is 30.6 Å². The molecular weight excluding hydrogens is 468 g/mol. The van der Waals surface area contributed by atoms with Crippen LogP contribution in [0.2, 0.25) is 0 Å². The molecule has 1 fully saturated rings. The molecule has 2 aliphatic heterocycles. The van der Waals surface area contributed by atoms with Crippen LogP contribution in [-0.4, -0.2) is 74.6 Å². The fraction of sp³-hybridized carbons (Fsp3) is 0.481. The van der Waals surface area contributed by atoms with Crippen molar-refractivity contribution in [3.05, 3.63) is 47.7 Å². The van der Waals surface area contributed by atoms with Gasteiger partial charge in [-0.2, -0.15) is 0 Å². The Morgan fingerprint density at radius 2 is 1.89 bits per heavy atom. The van der Waals surface area contributed by atoms with Gasteiger partial charge in [0.25, 0.3) is 0 Å². The number of aryl methyl sites for hydroxylation is 2. The topological polar surface area (TPSA) is 128 Å². The van der Waals surface area contributed by atoms with Crippen LogP contribution in [0.3, 0.4) is 0 Å². The van der Waals surface area contributed by atoms with E-state index in [0.717, 1.165) is 92.0 Å². The summed E-state index contributed by atoms with van der Waals surface area (Å²) < 4.78 is 7.83. The summed E-state index contributed by atoms with van der Waals surface area (Å²) in [4.78, 5) is 30.6. The van der Waals surface area contributed by atoms with Gasteiger partial charge in [0, 0.05) is 50.9 Å². The number of anilines is 1. The highest BCUT2D eigenvalue weighted by Gasteiger charge is 2.24. The van der Waals surface area contributed by atoms with E-state index in [1.165, 1.54) is 0 Å². The van der Waals surface area contributed by atoms with Crippen molar-refractivity contribution in [1.29, 1.82) is 0 Å². The highest BCUT2D eigenvalue weighted by atomic mass is 16.5. The average molecular weight is 505 g/mol. The number of unbranched alkanes of at least 4 members (excludes halogenated alkanes) is 2. The number of imidazole rings is 1. The van der Waals surface area contributed by atoms with Crippen LogP contribution in [0.5, 0.6) is 0 Å². The lowest BCUT2D eigenvalue weighted by Crippen LogP contribution is -2.44. The minimum absolute atomic E-state index is 0.363. The third-order valence-corrected chi connectivity index (χ3v) is 7.12. The molecule has 0 unspecified atom stereocenters. The molecule has 2 aliphatic rings. The largest absolute Gasteiger partial charge is 0.382 e. The lowest BCUT2D eigenvalue weighted by molar-refractivity contribution is -0.114. The maximum Gasteiger partial charge on any atom is 0.246 e. The summed E-state index contributed by atoms with van der Waals surface area (Å²) in [5.74, 6) is 2.26. The van der Waals surface area contributed by atoms with E-state index in [1.807, 2.05) is 24.3 Å². The molecule has 0 atom stereocenters. The standard InChI is InChI=1S/C27H36N8O2/c1-2-3-8-21-32-24-25(23-20(31-26(24)28)7-6-11-30-23)35(21)13-5-4-12-34-18-19(27(29)36)9-10-22(34)33-14-16-37-17-15-33/h6-7,9-11H,2-5,8,12-18H2,1H3,(H2,28,31)(H2,29,36). The van der Waals surface area contributed by atoms with Crippen LogP contribution in [0, 0.1) is 0 Å². The van der Waals surface area contributed by atoms with Crippen LogP contribution >= 0.6 is 0 Å². The Bertz CT molecular complexity index is 1340. The molecule has 0 aliphatic carbocycles. The average Bonchev–Trinajstić information content (AvgIpc) is 3.29. The van der Waals surface area contributed by atoms with Gasteiger partial charge in [0.1, 0.15) is 28.2 Å². The van der Waals surface area contributed by atoms with E-state index in [-0.39, 0.29) is 5.91 Å². The number of carbonyl (C=O) groups excluding carboxylic acids is 1. The summed E-state index contributed by atoms with van der Waals surface area (Å²) in [6.45, 7) is 7.48. The molecule has 5 heterocycles. The van der Waals surface area contributed by atoms with Crippen molar-refractivity contribution in [1.82, 2.24) is 29.3 Å². The number of fused-ring (bicyclic) bond motifs is 3. The zero-order valence-corrected chi connectivity index (χ0v) is 21.5. The van der Waals surface area contributed by atoms with Crippen LogP contribution in [0.15, 0.2) is 41.9 Å². The first-order chi connectivity index (χ1) is 18.1. The second-order valence-corrected chi connectivity index (χ2v) is 9.66. The fourth-order valence-corrected chi connectivity index (χ4v) is 5.18. The molecule has 196 valence electrons. The van der Waals surface area contributed by atoms with E-state index in [9.17, 15) is 4.79 Å². The molecule has 10 heteroatoms. The van der Waals surface area contributed by atoms with Crippen molar-refractivity contribution >= 4 is 33.8 Å². The third kappa shape index (κ3) is 5.24. The number of rotatable bonds is 10. The number of nitrogens with two attached hydrogens (primary N) is 2. The van der Waals surface area contributed by atoms with E-state index in [4.69, 9.17) is 21.2 Å². The summed E-state index contributed by atoms with van der Waals surface area (Å²) in [7, 11) is 0. The van der Waals surface area contributed by atoms with Crippen LogP contribution in [0.1, 0.15) is 38.4 Å². The van der Waals surface area contributed by atoms with Gasteiger partial charge in [-0.15, -0.1) is 0 Å². The van der Waals surface area contributed by atoms with E-state index in [0.29, 0.717) is 31.1 Å². The second kappa shape index (κ2) is 11.2.